The van der Waals surface area contributed by atoms with E-state index in [4.69, 9.17) is 23.2 Å². The van der Waals surface area contributed by atoms with Crippen LogP contribution in [0.25, 0.3) is 6.08 Å². The van der Waals surface area contributed by atoms with E-state index in [9.17, 15) is 14.4 Å². The van der Waals surface area contributed by atoms with Gasteiger partial charge in [0.2, 0.25) is 0 Å². The number of anilines is 1. The maximum Gasteiger partial charge on any atom is 0.261 e. The molecule has 0 N–H and O–H groups in total. The van der Waals surface area contributed by atoms with Crippen LogP contribution in [0.2, 0.25) is 5.02 Å². The van der Waals surface area contributed by atoms with Crippen LogP contribution in [0.3, 0.4) is 0 Å². The van der Waals surface area contributed by atoms with Gasteiger partial charge in [-0.25, -0.2) is 4.90 Å². The average Bonchev–Trinajstić information content (AvgIpc) is 2.65. The molecule has 2 rings (SSSR count). The molecule has 4 nitrogen and oxygen atoms in total. The van der Waals surface area contributed by atoms with Crippen LogP contribution in [-0.2, 0) is 14.4 Å². The van der Waals surface area contributed by atoms with Crippen molar-refractivity contribution in [2.75, 3.05) is 4.90 Å². The van der Waals surface area contributed by atoms with E-state index in [0.29, 0.717) is 27.4 Å². The van der Waals surface area contributed by atoms with Crippen molar-refractivity contribution in [1.82, 2.24) is 0 Å². The van der Waals surface area contributed by atoms with Crippen LogP contribution in [-0.4, -0.2) is 17.6 Å². The Bertz CT molecular complexity index is 739. The molecule has 0 aliphatic carbocycles. The van der Waals surface area contributed by atoms with Gasteiger partial charge >= 0.3 is 0 Å². The van der Waals surface area contributed by atoms with Crippen molar-refractivity contribution in [3.05, 3.63) is 45.0 Å². The Labute approximate surface area is 138 Å². The molecule has 6 heteroatoms. The third-order valence-electron chi connectivity index (χ3n) is 3.47. The molecule has 1 aromatic rings. The minimum absolute atomic E-state index is 0.0172. The highest BCUT2D eigenvalue weighted by atomic mass is 35.5. The molecule has 1 aliphatic rings. The highest BCUT2D eigenvalue weighted by molar-refractivity contribution is 6.44. The number of amides is 2. The first-order chi connectivity index (χ1) is 10.2. The van der Waals surface area contributed by atoms with Gasteiger partial charge in [0.15, 0.2) is 5.78 Å². The molecule has 0 bridgehead atoms. The minimum Gasteiger partial charge on any atom is -0.294 e. The first-order valence-corrected chi connectivity index (χ1v) is 7.23. The molecule has 0 radical (unpaired) electrons. The van der Waals surface area contributed by atoms with E-state index in [-0.39, 0.29) is 22.6 Å². The van der Waals surface area contributed by atoms with Crippen molar-refractivity contribution >= 4 is 52.6 Å². The summed E-state index contributed by atoms with van der Waals surface area (Å²) in [5, 5.41) is 0.382. The molecule has 114 valence electrons. The van der Waals surface area contributed by atoms with Crippen LogP contribution in [0.1, 0.15) is 26.3 Å². The number of nitrogens with zero attached hydrogens (tertiary/aromatic N) is 1. The van der Waals surface area contributed by atoms with Gasteiger partial charge < -0.3 is 0 Å². The molecular formula is C16H13Cl2NO3. The molecular weight excluding hydrogens is 325 g/mol. The minimum atomic E-state index is -0.364. The fourth-order valence-corrected chi connectivity index (χ4v) is 2.29. The van der Waals surface area contributed by atoms with E-state index in [2.05, 4.69) is 0 Å². The molecule has 0 saturated heterocycles. The number of hydrogen-bond donors (Lipinski definition) is 0. The zero-order valence-electron chi connectivity index (χ0n) is 12.2. The molecule has 2 amide bonds. The third kappa shape index (κ3) is 2.85. The molecule has 0 unspecified atom stereocenters. The molecule has 22 heavy (non-hydrogen) atoms. The van der Waals surface area contributed by atoms with E-state index >= 15 is 0 Å². The summed E-state index contributed by atoms with van der Waals surface area (Å²) >= 11 is 11.9. The Kier molecular flexibility index (Phi) is 4.54. The quantitative estimate of drug-likeness (QED) is 0.623. The molecule has 0 saturated carbocycles. The van der Waals surface area contributed by atoms with Crippen molar-refractivity contribution in [1.29, 1.82) is 0 Å². The number of benzene rings is 1. The fraction of sp³-hybridized carbons (Fsp3) is 0.188. The Morgan fingerprint density at radius 3 is 2.18 bits per heavy atom. The molecule has 1 heterocycles. The zero-order chi connectivity index (χ0) is 16.6. The lowest BCUT2D eigenvalue weighted by Crippen LogP contribution is -2.31. The van der Waals surface area contributed by atoms with Crippen molar-refractivity contribution in [2.24, 2.45) is 0 Å². The van der Waals surface area contributed by atoms with E-state index in [0.717, 1.165) is 4.90 Å². The summed E-state index contributed by atoms with van der Waals surface area (Å²) in [6.45, 7) is 4.55. The monoisotopic (exact) mass is 337 g/mol. The summed E-state index contributed by atoms with van der Waals surface area (Å²) in [6.07, 6.45) is 1.41. The lowest BCUT2D eigenvalue weighted by Gasteiger charge is -2.16. The van der Waals surface area contributed by atoms with Gasteiger partial charge in [0.1, 0.15) is 0 Å². The topological polar surface area (TPSA) is 54.5 Å². The van der Waals surface area contributed by atoms with Gasteiger partial charge in [-0.15, -0.1) is 0 Å². The summed E-state index contributed by atoms with van der Waals surface area (Å²) in [7, 11) is 0. The normalized spacial score (nSPS) is 15.9. The van der Waals surface area contributed by atoms with Crippen LogP contribution in [0, 0.1) is 0 Å². The summed E-state index contributed by atoms with van der Waals surface area (Å²) in [5.41, 5.74) is 1.68. The number of carbonyl (C=O) groups excluding carboxylic acids is 3. The summed E-state index contributed by atoms with van der Waals surface area (Å²) in [5.74, 6) is -1.03. The lowest BCUT2D eigenvalue weighted by atomic mass is 10.1. The number of rotatable bonds is 3. The summed E-state index contributed by atoms with van der Waals surface area (Å²) in [4.78, 5) is 36.6. The van der Waals surface area contributed by atoms with Crippen molar-refractivity contribution in [2.45, 2.75) is 20.8 Å². The maximum absolute atomic E-state index is 12.2. The fourth-order valence-electron chi connectivity index (χ4n) is 2.00. The van der Waals surface area contributed by atoms with Crippen LogP contribution in [0.5, 0.6) is 0 Å². The molecule has 1 aromatic carbocycles. The van der Waals surface area contributed by atoms with Crippen LogP contribution in [0.4, 0.5) is 5.69 Å². The molecule has 0 aromatic heterocycles. The second-order valence-corrected chi connectivity index (χ2v) is 5.76. The number of ketones is 1. The van der Waals surface area contributed by atoms with E-state index in [1.807, 2.05) is 0 Å². The van der Waals surface area contributed by atoms with Gasteiger partial charge in [0, 0.05) is 23.1 Å². The predicted octanol–water partition coefficient (Wildman–Crippen LogP) is 3.72. The number of Topliss-reactive ketones (excluding diaryl/α,β-unsaturated/α-hetero) is 1. The largest absolute Gasteiger partial charge is 0.294 e. The smallest absolute Gasteiger partial charge is 0.261 e. The lowest BCUT2D eigenvalue weighted by molar-refractivity contribution is -0.120. The molecule has 0 spiro atoms. The summed E-state index contributed by atoms with van der Waals surface area (Å²) < 4.78 is 0. The number of imide groups is 1. The molecule has 0 fully saturated rings. The number of halogens is 2. The van der Waals surface area contributed by atoms with Crippen molar-refractivity contribution < 1.29 is 14.4 Å². The van der Waals surface area contributed by atoms with Crippen LogP contribution >= 0.6 is 23.2 Å². The van der Waals surface area contributed by atoms with E-state index in [1.54, 1.807) is 32.0 Å². The van der Waals surface area contributed by atoms with Crippen LogP contribution < -0.4 is 4.90 Å². The molecule has 1 aliphatic heterocycles. The highest BCUT2D eigenvalue weighted by Crippen LogP contribution is 2.31. The van der Waals surface area contributed by atoms with E-state index in [1.165, 1.54) is 13.0 Å². The average molecular weight is 338 g/mol. The number of allylic oxidation sites excluding steroid dienone is 1. The zero-order valence-corrected chi connectivity index (χ0v) is 13.7. The van der Waals surface area contributed by atoms with Crippen molar-refractivity contribution in [3.8, 4) is 0 Å². The third-order valence-corrected chi connectivity index (χ3v) is 4.19. The maximum atomic E-state index is 12.2. The Morgan fingerprint density at radius 1 is 1.14 bits per heavy atom. The van der Waals surface area contributed by atoms with Gasteiger partial charge in [-0.2, -0.15) is 0 Å². The standard InChI is InChI=1S/C16H13Cl2NO3/c1-8-9(2)16(22)19(15(8)21)12-4-5-13(17)11(6-12)7-14(18)10(3)20/h4-7H,1-3H3. The first-order valence-electron chi connectivity index (χ1n) is 6.48. The number of carbonyl (C=O) groups is 3. The SMILES string of the molecule is CC(=O)C(Cl)=Cc1cc(N2C(=O)C(C)=C(C)C2=O)ccc1Cl. The van der Waals surface area contributed by atoms with E-state index < -0.39 is 0 Å². The van der Waals surface area contributed by atoms with Gasteiger partial charge in [-0.05, 0) is 43.7 Å². The van der Waals surface area contributed by atoms with Gasteiger partial charge in [-0.3, -0.25) is 14.4 Å². The second-order valence-electron chi connectivity index (χ2n) is 4.95. The Hall–Kier alpha value is -1.91. The molecule has 0 atom stereocenters. The second kappa shape index (κ2) is 6.07. The van der Waals surface area contributed by atoms with Gasteiger partial charge in [0.05, 0.1) is 10.7 Å². The Balaban J connectivity index is 2.48. The first kappa shape index (κ1) is 16.5. The number of hydrogen-bond acceptors (Lipinski definition) is 3. The summed E-state index contributed by atoms with van der Waals surface area (Å²) in [6, 6.07) is 4.68. The van der Waals surface area contributed by atoms with Gasteiger partial charge in [0.25, 0.3) is 11.8 Å². The van der Waals surface area contributed by atoms with Gasteiger partial charge in [-0.1, -0.05) is 23.2 Å². The van der Waals surface area contributed by atoms with Crippen molar-refractivity contribution in [3.63, 3.8) is 0 Å². The predicted molar refractivity (Wildman–Crippen MR) is 86.8 cm³/mol. The van der Waals surface area contributed by atoms with Crippen LogP contribution in [0.15, 0.2) is 34.4 Å². The highest BCUT2D eigenvalue weighted by Gasteiger charge is 2.34. The Morgan fingerprint density at radius 2 is 1.68 bits per heavy atom.